The monoisotopic (exact) mass is 403 g/mol. The van der Waals surface area contributed by atoms with Crippen molar-refractivity contribution in [1.29, 1.82) is 0 Å². The highest BCUT2D eigenvalue weighted by molar-refractivity contribution is 6.35. The van der Waals surface area contributed by atoms with E-state index in [0.717, 1.165) is 5.82 Å². The van der Waals surface area contributed by atoms with Gasteiger partial charge in [0, 0.05) is 41.8 Å². The summed E-state index contributed by atoms with van der Waals surface area (Å²) in [4.78, 5) is 20.4. The Balaban J connectivity index is 1.40. The van der Waals surface area contributed by atoms with E-state index in [-0.39, 0.29) is 5.91 Å². The maximum Gasteiger partial charge on any atom is 0.254 e. The van der Waals surface area contributed by atoms with Crippen LogP contribution in [0, 0.1) is 0 Å². The van der Waals surface area contributed by atoms with Crippen LogP contribution in [0.25, 0.3) is 5.82 Å². The summed E-state index contributed by atoms with van der Waals surface area (Å²) in [5.41, 5.74) is 0.498. The quantitative estimate of drug-likeness (QED) is 0.667. The summed E-state index contributed by atoms with van der Waals surface area (Å²) in [6.45, 7) is 2.49. The molecular formula is C17H15Cl2N7O. The Labute approximate surface area is 165 Å². The van der Waals surface area contributed by atoms with Gasteiger partial charge in [-0.15, -0.1) is 10.2 Å². The Hall–Kier alpha value is -2.71. The third-order valence-electron chi connectivity index (χ3n) is 4.29. The maximum atomic E-state index is 12.7. The molecule has 0 bridgehead atoms. The molecule has 0 radical (unpaired) electrons. The van der Waals surface area contributed by atoms with Crippen LogP contribution in [0.5, 0.6) is 0 Å². The van der Waals surface area contributed by atoms with Crippen LogP contribution < -0.4 is 4.90 Å². The van der Waals surface area contributed by atoms with E-state index in [1.807, 2.05) is 12.1 Å². The maximum absolute atomic E-state index is 12.7. The van der Waals surface area contributed by atoms with Crippen molar-refractivity contribution in [2.45, 2.75) is 0 Å². The van der Waals surface area contributed by atoms with Gasteiger partial charge in [-0.25, -0.2) is 9.67 Å². The lowest BCUT2D eigenvalue weighted by atomic mass is 10.2. The fourth-order valence-electron chi connectivity index (χ4n) is 2.93. The molecule has 3 aromatic rings. The molecule has 1 amide bonds. The third kappa shape index (κ3) is 3.86. The van der Waals surface area contributed by atoms with E-state index in [0.29, 0.717) is 47.6 Å². The van der Waals surface area contributed by atoms with Gasteiger partial charge < -0.3 is 9.80 Å². The van der Waals surface area contributed by atoms with E-state index in [1.54, 1.807) is 34.1 Å². The lowest BCUT2D eigenvalue weighted by molar-refractivity contribution is 0.0746. The van der Waals surface area contributed by atoms with Crippen LogP contribution in [0.2, 0.25) is 10.0 Å². The van der Waals surface area contributed by atoms with Crippen LogP contribution in [0.3, 0.4) is 0 Å². The van der Waals surface area contributed by atoms with E-state index in [9.17, 15) is 4.79 Å². The second kappa shape index (κ2) is 7.50. The molecular weight excluding hydrogens is 389 g/mol. The van der Waals surface area contributed by atoms with Crippen LogP contribution in [0.4, 0.5) is 5.82 Å². The highest BCUT2D eigenvalue weighted by atomic mass is 35.5. The average Bonchev–Trinajstić information content (AvgIpc) is 3.22. The molecule has 0 spiro atoms. The number of amides is 1. The van der Waals surface area contributed by atoms with Crippen LogP contribution >= 0.6 is 23.2 Å². The Bertz CT molecular complexity index is 918. The van der Waals surface area contributed by atoms with Gasteiger partial charge in [0.05, 0.1) is 0 Å². The fourth-order valence-corrected chi connectivity index (χ4v) is 3.46. The molecule has 0 N–H and O–H groups in total. The Kier molecular flexibility index (Phi) is 4.91. The smallest absolute Gasteiger partial charge is 0.254 e. The molecule has 0 unspecified atom stereocenters. The molecule has 0 saturated carbocycles. The minimum Gasteiger partial charge on any atom is -0.352 e. The van der Waals surface area contributed by atoms with Crippen molar-refractivity contribution in [3.8, 4) is 5.82 Å². The standard InChI is InChI=1S/C17H15Cl2N7O/c18-13-7-12(8-14(19)9-13)17(27)25-5-3-24(4-6-25)15-1-2-16(23-22-15)26-11-20-10-21-26/h1-2,7-11H,3-6H2. The van der Waals surface area contributed by atoms with Crippen LogP contribution in [-0.4, -0.2) is 61.9 Å². The molecule has 8 nitrogen and oxygen atoms in total. The molecule has 1 aliphatic rings. The number of halogens is 2. The summed E-state index contributed by atoms with van der Waals surface area (Å²) in [5.74, 6) is 1.28. The first kappa shape index (κ1) is 17.7. The number of carbonyl (C=O) groups is 1. The highest BCUT2D eigenvalue weighted by Gasteiger charge is 2.23. The number of piperazine rings is 1. The second-order valence-electron chi connectivity index (χ2n) is 6.03. The Morgan fingerprint density at radius 1 is 0.926 bits per heavy atom. The summed E-state index contributed by atoms with van der Waals surface area (Å²) in [6, 6.07) is 8.60. The molecule has 1 saturated heterocycles. The number of hydrogen-bond acceptors (Lipinski definition) is 6. The molecule has 1 aliphatic heterocycles. The molecule has 27 heavy (non-hydrogen) atoms. The summed E-state index contributed by atoms with van der Waals surface area (Å²) in [5, 5.41) is 13.4. The van der Waals surface area contributed by atoms with Gasteiger partial charge in [0.25, 0.3) is 5.91 Å². The number of carbonyl (C=O) groups excluding carboxylic acids is 1. The largest absolute Gasteiger partial charge is 0.352 e. The van der Waals surface area contributed by atoms with Gasteiger partial charge >= 0.3 is 0 Å². The van der Waals surface area contributed by atoms with Gasteiger partial charge in [-0.05, 0) is 30.3 Å². The molecule has 10 heteroatoms. The Morgan fingerprint density at radius 3 is 2.19 bits per heavy atom. The van der Waals surface area contributed by atoms with Crippen molar-refractivity contribution >= 4 is 34.9 Å². The minimum absolute atomic E-state index is 0.0772. The Morgan fingerprint density at radius 2 is 1.59 bits per heavy atom. The van der Waals surface area contributed by atoms with Crippen molar-refractivity contribution in [1.82, 2.24) is 29.9 Å². The van der Waals surface area contributed by atoms with Gasteiger partial charge in [-0.2, -0.15) is 5.10 Å². The lowest BCUT2D eigenvalue weighted by Crippen LogP contribution is -2.49. The minimum atomic E-state index is -0.0772. The van der Waals surface area contributed by atoms with Crippen molar-refractivity contribution < 1.29 is 4.79 Å². The molecule has 4 rings (SSSR count). The summed E-state index contributed by atoms with van der Waals surface area (Å²) < 4.78 is 1.55. The highest BCUT2D eigenvalue weighted by Crippen LogP contribution is 2.21. The molecule has 3 heterocycles. The second-order valence-corrected chi connectivity index (χ2v) is 6.90. The molecule has 1 fully saturated rings. The van der Waals surface area contributed by atoms with Crippen molar-refractivity contribution in [2.75, 3.05) is 31.1 Å². The SMILES string of the molecule is O=C(c1cc(Cl)cc(Cl)c1)N1CCN(c2ccc(-n3cncn3)nn2)CC1. The number of aromatic nitrogens is 5. The normalized spacial score (nSPS) is 14.4. The number of benzene rings is 1. The fraction of sp³-hybridized carbons (Fsp3) is 0.235. The van der Waals surface area contributed by atoms with Crippen LogP contribution in [0.15, 0.2) is 43.0 Å². The van der Waals surface area contributed by atoms with Gasteiger partial charge in [-0.1, -0.05) is 23.2 Å². The molecule has 1 aromatic carbocycles. The van der Waals surface area contributed by atoms with Crippen molar-refractivity contribution in [2.24, 2.45) is 0 Å². The molecule has 138 valence electrons. The first-order chi connectivity index (χ1) is 13.1. The van der Waals surface area contributed by atoms with Gasteiger partial charge in [0.15, 0.2) is 11.6 Å². The van der Waals surface area contributed by atoms with Crippen molar-refractivity contribution in [3.63, 3.8) is 0 Å². The summed E-state index contributed by atoms with van der Waals surface area (Å²) in [7, 11) is 0. The van der Waals surface area contributed by atoms with Crippen LogP contribution in [-0.2, 0) is 0 Å². The number of rotatable bonds is 3. The average molecular weight is 404 g/mol. The first-order valence-electron chi connectivity index (χ1n) is 8.29. The zero-order valence-corrected chi connectivity index (χ0v) is 15.7. The predicted molar refractivity (Wildman–Crippen MR) is 102 cm³/mol. The zero-order chi connectivity index (χ0) is 18.8. The number of hydrogen-bond donors (Lipinski definition) is 0. The third-order valence-corrected chi connectivity index (χ3v) is 4.73. The topological polar surface area (TPSA) is 80.0 Å². The van der Waals surface area contributed by atoms with E-state index in [1.165, 1.54) is 6.33 Å². The number of nitrogens with zero attached hydrogens (tertiary/aromatic N) is 7. The van der Waals surface area contributed by atoms with E-state index < -0.39 is 0 Å². The first-order valence-corrected chi connectivity index (χ1v) is 9.05. The van der Waals surface area contributed by atoms with Crippen LogP contribution in [0.1, 0.15) is 10.4 Å². The predicted octanol–water partition coefficient (Wildman–Crippen LogP) is 2.33. The molecule has 0 atom stereocenters. The molecule has 2 aromatic heterocycles. The zero-order valence-electron chi connectivity index (χ0n) is 14.2. The summed E-state index contributed by atoms with van der Waals surface area (Å²) >= 11 is 12.0. The van der Waals surface area contributed by atoms with E-state index in [2.05, 4.69) is 25.2 Å². The molecule has 0 aliphatic carbocycles. The number of anilines is 1. The van der Waals surface area contributed by atoms with Gasteiger partial charge in [0.2, 0.25) is 0 Å². The van der Waals surface area contributed by atoms with E-state index >= 15 is 0 Å². The summed E-state index contributed by atoms with van der Waals surface area (Å²) in [6.07, 6.45) is 3.01. The van der Waals surface area contributed by atoms with Crippen molar-refractivity contribution in [3.05, 3.63) is 58.6 Å². The van der Waals surface area contributed by atoms with E-state index in [4.69, 9.17) is 23.2 Å². The van der Waals surface area contributed by atoms with Gasteiger partial charge in [-0.3, -0.25) is 4.79 Å². The lowest BCUT2D eigenvalue weighted by Gasteiger charge is -2.35. The van der Waals surface area contributed by atoms with Gasteiger partial charge in [0.1, 0.15) is 12.7 Å².